The fourth-order valence-electron chi connectivity index (χ4n) is 2.58. The molecule has 0 aromatic heterocycles. The molecule has 0 amide bonds. The lowest BCUT2D eigenvalue weighted by atomic mass is 9.90. The molecule has 1 saturated carbocycles. The molecule has 3 rings (SSSR count). The fourth-order valence-corrected chi connectivity index (χ4v) is 2.73. The third kappa shape index (κ3) is 3.58. The number of isothiocyanates is 1. The van der Waals surface area contributed by atoms with Crippen LogP contribution in [0.2, 0.25) is 0 Å². The van der Waals surface area contributed by atoms with Crippen LogP contribution in [0, 0.1) is 5.82 Å². The normalized spacial score (nSPS) is 19.4. The Bertz CT molecular complexity index is 735. The maximum Gasteiger partial charge on any atom is 0.165 e. The van der Waals surface area contributed by atoms with Gasteiger partial charge in [0.2, 0.25) is 0 Å². The molecule has 0 atom stereocenters. The van der Waals surface area contributed by atoms with Gasteiger partial charge in [0.05, 0.1) is 18.3 Å². The molecule has 1 fully saturated rings. The summed E-state index contributed by atoms with van der Waals surface area (Å²) in [6.07, 6.45) is 1.92. The van der Waals surface area contributed by atoms with Crippen LogP contribution in [0.3, 0.4) is 0 Å². The van der Waals surface area contributed by atoms with Crippen LogP contribution in [0.1, 0.15) is 12.8 Å². The first-order valence-corrected chi connectivity index (χ1v) is 7.78. The average molecular weight is 329 g/mol. The Hall–Kier alpha value is -2.23. The summed E-state index contributed by atoms with van der Waals surface area (Å²) in [6.45, 7) is 0. The topological polar surface area (TPSA) is 30.8 Å². The zero-order valence-corrected chi connectivity index (χ0v) is 13.5. The van der Waals surface area contributed by atoms with E-state index in [1.165, 1.54) is 13.2 Å². The van der Waals surface area contributed by atoms with E-state index in [9.17, 15) is 4.39 Å². The Morgan fingerprint density at radius 3 is 2.43 bits per heavy atom. The minimum atomic E-state index is -0.370. The summed E-state index contributed by atoms with van der Waals surface area (Å²) in [4.78, 5) is 4.04. The lowest BCUT2D eigenvalue weighted by Gasteiger charge is -2.31. The van der Waals surface area contributed by atoms with Crippen molar-refractivity contribution in [2.24, 2.45) is 4.99 Å². The number of methoxy groups -OCH3 is 1. The Morgan fingerprint density at radius 1 is 1.13 bits per heavy atom. The van der Waals surface area contributed by atoms with E-state index in [-0.39, 0.29) is 23.7 Å². The van der Waals surface area contributed by atoms with Crippen molar-refractivity contribution < 1.29 is 13.9 Å². The van der Waals surface area contributed by atoms with Gasteiger partial charge in [-0.1, -0.05) is 18.2 Å². The maximum atomic E-state index is 13.8. The van der Waals surface area contributed by atoms with Gasteiger partial charge in [0.25, 0.3) is 0 Å². The lowest BCUT2D eigenvalue weighted by molar-refractivity contribution is 0.102. The minimum absolute atomic E-state index is 0.177. The van der Waals surface area contributed by atoms with Crippen molar-refractivity contribution in [3.05, 3.63) is 48.3 Å². The van der Waals surface area contributed by atoms with Crippen LogP contribution in [0.15, 0.2) is 47.5 Å². The number of nitrogens with zero attached hydrogens (tertiary/aromatic N) is 1. The molecule has 0 radical (unpaired) electrons. The van der Waals surface area contributed by atoms with E-state index in [1.807, 2.05) is 30.3 Å². The fraction of sp³-hybridized carbons (Fsp3) is 0.278. The molecule has 0 saturated heterocycles. The highest BCUT2D eigenvalue weighted by Crippen LogP contribution is 2.30. The Balaban J connectivity index is 1.65. The highest BCUT2D eigenvalue weighted by Gasteiger charge is 2.30. The van der Waals surface area contributed by atoms with Crippen molar-refractivity contribution in [3.63, 3.8) is 0 Å². The molecule has 2 aromatic rings. The van der Waals surface area contributed by atoms with E-state index in [2.05, 4.69) is 22.4 Å². The molecule has 23 heavy (non-hydrogen) atoms. The molecule has 1 aliphatic rings. The Kier molecular flexibility index (Phi) is 4.70. The number of hydrogen-bond acceptors (Lipinski definition) is 4. The van der Waals surface area contributed by atoms with Gasteiger partial charge in [-0.25, -0.2) is 9.38 Å². The number of rotatable bonds is 5. The van der Waals surface area contributed by atoms with Crippen LogP contribution >= 0.6 is 12.2 Å². The second-order valence-corrected chi connectivity index (χ2v) is 5.64. The molecule has 3 nitrogen and oxygen atoms in total. The standard InChI is InChI=1S/C18H16FNO2S/c1-21-18-7-4-13(8-17(18)19)12-2-5-15(6-3-12)22-16-9-14(10-16)20-11-23/h2-8,14,16H,9-10H2,1H3. The lowest BCUT2D eigenvalue weighted by Crippen LogP contribution is -2.36. The number of halogens is 1. The molecular formula is C18H16FNO2S. The first-order chi connectivity index (χ1) is 11.2. The average Bonchev–Trinajstić information content (AvgIpc) is 2.53. The van der Waals surface area contributed by atoms with Crippen molar-refractivity contribution in [2.45, 2.75) is 25.0 Å². The van der Waals surface area contributed by atoms with Crippen molar-refractivity contribution in [2.75, 3.05) is 7.11 Å². The smallest absolute Gasteiger partial charge is 0.165 e. The third-order valence-electron chi connectivity index (χ3n) is 3.95. The second kappa shape index (κ2) is 6.90. The van der Waals surface area contributed by atoms with Gasteiger partial charge in [-0.15, -0.1) is 0 Å². The summed E-state index contributed by atoms with van der Waals surface area (Å²) in [5.74, 6) is 0.676. The maximum absolute atomic E-state index is 13.8. The summed E-state index contributed by atoms with van der Waals surface area (Å²) >= 11 is 4.59. The van der Waals surface area contributed by atoms with E-state index >= 15 is 0 Å². The summed E-state index contributed by atoms with van der Waals surface area (Å²) in [5.41, 5.74) is 1.73. The van der Waals surface area contributed by atoms with E-state index in [0.29, 0.717) is 0 Å². The number of aliphatic imine (C=N–C) groups is 1. The largest absolute Gasteiger partial charge is 0.494 e. The molecule has 5 heteroatoms. The first kappa shape index (κ1) is 15.7. The highest BCUT2D eigenvalue weighted by atomic mass is 32.1. The van der Waals surface area contributed by atoms with Crippen LogP contribution in [0.5, 0.6) is 11.5 Å². The number of benzene rings is 2. The van der Waals surface area contributed by atoms with Crippen molar-refractivity contribution in [1.29, 1.82) is 0 Å². The number of hydrogen-bond donors (Lipinski definition) is 0. The highest BCUT2D eigenvalue weighted by molar-refractivity contribution is 7.78. The molecule has 0 spiro atoms. The molecule has 0 unspecified atom stereocenters. The van der Waals surface area contributed by atoms with E-state index in [4.69, 9.17) is 9.47 Å². The molecule has 118 valence electrons. The molecule has 0 aliphatic heterocycles. The molecule has 2 aromatic carbocycles. The molecule has 0 bridgehead atoms. The van der Waals surface area contributed by atoms with E-state index in [1.54, 1.807) is 6.07 Å². The first-order valence-electron chi connectivity index (χ1n) is 7.37. The van der Waals surface area contributed by atoms with Gasteiger partial charge in [0, 0.05) is 12.8 Å². The minimum Gasteiger partial charge on any atom is -0.494 e. The van der Waals surface area contributed by atoms with Gasteiger partial charge in [-0.3, -0.25) is 0 Å². The third-order valence-corrected chi connectivity index (χ3v) is 4.05. The number of thiocarbonyl (C=S) groups is 1. The molecule has 1 aliphatic carbocycles. The summed E-state index contributed by atoms with van der Waals surface area (Å²) < 4.78 is 24.6. The van der Waals surface area contributed by atoms with E-state index in [0.717, 1.165) is 29.7 Å². The SMILES string of the molecule is COc1ccc(-c2ccc(OC3CC(N=C=S)C3)cc2)cc1F. The van der Waals surface area contributed by atoms with Gasteiger partial charge in [0.1, 0.15) is 11.9 Å². The molecule has 0 N–H and O–H groups in total. The quantitative estimate of drug-likeness (QED) is 0.597. The van der Waals surface area contributed by atoms with E-state index < -0.39 is 0 Å². The number of ether oxygens (including phenoxy) is 2. The Morgan fingerprint density at radius 2 is 1.83 bits per heavy atom. The zero-order chi connectivity index (χ0) is 16.2. The van der Waals surface area contributed by atoms with Crippen LogP contribution in [0.25, 0.3) is 11.1 Å². The van der Waals surface area contributed by atoms with Gasteiger partial charge in [0.15, 0.2) is 11.6 Å². The van der Waals surface area contributed by atoms with Crippen LogP contribution in [0.4, 0.5) is 4.39 Å². The Labute approximate surface area is 139 Å². The summed E-state index contributed by atoms with van der Waals surface area (Å²) in [7, 11) is 1.45. The predicted octanol–water partition coefficient (Wildman–Crippen LogP) is 4.51. The summed E-state index contributed by atoms with van der Waals surface area (Å²) in [6, 6.07) is 12.8. The van der Waals surface area contributed by atoms with Crippen LogP contribution in [-0.2, 0) is 0 Å². The monoisotopic (exact) mass is 329 g/mol. The molecule has 0 heterocycles. The summed E-state index contributed by atoms with van der Waals surface area (Å²) in [5, 5.41) is 2.41. The van der Waals surface area contributed by atoms with Crippen molar-refractivity contribution >= 4 is 17.4 Å². The van der Waals surface area contributed by atoms with Gasteiger partial charge in [-0.05, 0) is 47.6 Å². The van der Waals surface area contributed by atoms with Gasteiger partial charge in [-0.2, -0.15) is 0 Å². The zero-order valence-electron chi connectivity index (χ0n) is 12.7. The van der Waals surface area contributed by atoms with Gasteiger partial charge < -0.3 is 9.47 Å². The van der Waals surface area contributed by atoms with Crippen molar-refractivity contribution in [1.82, 2.24) is 0 Å². The van der Waals surface area contributed by atoms with Crippen LogP contribution < -0.4 is 9.47 Å². The van der Waals surface area contributed by atoms with Crippen LogP contribution in [-0.4, -0.2) is 24.4 Å². The van der Waals surface area contributed by atoms with Gasteiger partial charge >= 0.3 is 0 Å². The molecular weight excluding hydrogens is 313 g/mol. The second-order valence-electron chi connectivity index (χ2n) is 5.46. The predicted molar refractivity (Wildman–Crippen MR) is 90.9 cm³/mol. The van der Waals surface area contributed by atoms with Crippen molar-refractivity contribution in [3.8, 4) is 22.6 Å².